The van der Waals surface area contributed by atoms with Crippen LogP contribution in [-0.4, -0.2) is 29.9 Å². The standard InChI is InChI=1S/C18H15N3O4/c1-11-9-14(25-2)4-3-12(11)10-15-16(22)20-18(24)21(17(15)23)13-5-7-19-8-6-13/h3-10H,1-2H3,(H,20,22,24)/b15-10+. The van der Waals surface area contributed by atoms with Crippen LogP contribution >= 0.6 is 0 Å². The van der Waals surface area contributed by atoms with Crippen molar-refractivity contribution in [2.45, 2.75) is 6.92 Å². The Morgan fingerprint density at radius 1 is 1.12 bits per heavy atom. The SMILES string of the molecule is COc1ccc(/C=C2\C(=O)NC(=O)N(c3ccncc3)C2=O)c(C)c1. The third-order valence-corrected chi connectivity index (χ3v) is 3.80. The van der Waals surface area contributed by atoms with Crippen molar-refractivity contribution >= 4 is 29.6 Å². The Bertz CT molecular complexity index is 890. The zero-order valence-electron chi connectivity index (χ0n) is 13.6. The van der Waals surface area contributed by atoms with Crippen LogP contribution in [0.15, 0.2) is 48.3 Å². The van der Waals surface area contributed by atoms with Crippen molar-refractivity contribution in [3.63, 3.8) is 0 Å². The number of aromatic nitrogens is 1. The van der Waals surface area contributed by atoms with E-state index in [-0.39, 0.29) is 5.57 Å². The van der Waals surface area contributed by atoms with Gasteiger partial charge < -0.3 is 4.74 Å². The number of carbonyl (C=O) groups excluding carboxylic acids is 3. The van der Waals surface area contributed by atoms with Gasteiger partial charge in [-0.2, -0.15) is 0 Å². The summed E-state index contributed by atoms with van der Waals surface area (Å²) in [7, 11) is 1.56. The van der Waals surface area contributed by atoms with Crippen LogP contribution in [0.2, 0.25) is 0 Å². The number of nitrogens with one attached hydrogen (secondary N) is 1. The lowest BCUT2D eigenvalue weighted by atomic mass is 10.0. The summed E-state index contributed by atoms with van der Waals surface area (Å²) in [5, 5.41) is 2.18. The number of nitrogens with zero attached hydrogens (tertiary/aromatic N) is 2. The van der Waals surface area contributed by atoms with Gasteiger partial charge in [-0.15, -0.1) is 0 Å². The number of urea groups is 1. The molecular formula is C18H15N3O4. The molecule has 25 heavy (non-hydrogen) atoms. The monoisotopic (exact) mass is 337 g/mol. The Balaban J connectivity index is 2.02. The first kappa shape index (κ1) is 16.4. The number of aryl methyl sites for hydroxylation is 1. The van der Waals surface area contributed by atoms with Crippen LogP contribution in [0.3, 0.4) is 0 Å². The molecule has 1 fully saturated rings. The van der Waals surface area contributed by atoms with Gasteiger partial charge in [0.05, 0.1) is 12.8 Å². The van der Waals surface area contributed by atoms with Gasteiger partial charge in [0.25, 0.3) is 11.8 Å². The molecule has 0 unspecified atom stereocenters. The maximum Gasteiger partial charge on any atom is 0.335 e. The first-order valence-corrected chi connectivity index (χ1v) is 7.47. The number of amides is 4. The van der Waals surface area contributed by atoms with E-state index in [0.29, 0.717) is 17.0 Å². The summed E-state index contributed by atoms with van der Waals surface area (Å²) in [5.74, 6) is -0.738. The molecule has 126 valence electrons. The maximum atomic E-state index is 12.7. The highest BCUT2D eigenvalue weighted by Crippen LogP contribution is 2.23. The van der Waals surface area contributed by atoms with Crippen molar-refractivity contribution in [1.29, 1.82) is 0 Å². The molecule has 7 heteroatoms. The number of rotatable bonds is 3. The normalized spacial score (nSPS) is 16.2. The fraction of sp³-hybridized carbons (Fsp3) is 0.111. The third-order valence-electron chi connectivity index (χ3n) is 3.80. The van der Waals surface area contributed by atoms with Crippen LogP contribution in [0.4, 0.5) is 10.5 Å². The number of ether oxygens (including phenoxy) is 1. The van der Waals surface area contributed by atoms with Crippen molar-refractivity contribution in [1.82, 2.24) is 10.3 Å². The van der Waals surface area contributed by atoms with Crippen LogP contribution in [-0.2, 0) is 9.59 Å². The molecule has 2 heterocycles. The summed E-state index contributed by atoms with van der Waals surface area (Å²) in [6, 6.07) is 7.52. The Morgan fingerprint density at radius 2 is 1.84 bits per heavy atom. The van der Waals surface area contributed by atoms with Crippen LogP contribution < -0.4 is 15.0 Å². The number of pyridine rings is 1. The lowest BCUT2D eigenvalue weighted by Gasteiger charge is -2.26. The summed E-state index contributed by atoms with van der Waals surface area (Å²) in [6.07, 6.45) is 4.39. The lowest BCUT2D eigenvalue weighted by Crippen LogP contribution is -2.54. The molecule has 1 aliphatic rings. The second-order valence-corrected chi connectivity index (χ2v) is 5.39. The molecule has 0 atom stereocenters. The molecule has 2 aromatic rings. The average Bonchev–Trinajstić information content (AvgIpc) is 2.60. The highest BCUT2D eigenvalue weighted by Gasteiger charge is 2.36. The zero-order chi connectivity index (χ0) is 18.0. The summed E-state index contributed by atoms with van der Waals surface area (Å²) >= 11 is 0. The van der Waals surface area contributed by atoms with Gasteiger partial charge in [0.2, 0.25) is 0 Å². The van der Waals surface area contributed by atoms with E-state index in [9.17, 15) is 14.4 Å². The van der Waals surface area contributed by atoms with Crippen molar-refractivity contribution in [3.8, 4) is 5.75 Å². The van der Waals surface area contributed by atoms with E-state index in [1.807, 2.05) is 6.92 Å². The van der Waals surface area contributed by atoms with E-state index >= 15 is 0 Å². The van der Waals surface area contributed by atoms with Crippen molar-refractivity contribution in [2.24, 2.45) is 0 Å². The molecule has 0 spiro atoms. The predicted molar refractivity (Wildman–Crippen MR) is 91.0 cm³/mol. The molecule has 4 amide bonds. The number of methoxy groups -OCH3 is 1. The largest absolute Gasteiger partial charge is 0.497 e. The Kier molecular flexibility index (Phi) is 4.30. The summed E-state index contributed by atoms with van der Waals surface area (Å²) < 4.78 is 5.15. The fourth-order valence-corrected chi connectivity index (χ4v) is 2.48. The van der Waals surface area contributed by atoms with E-state index in [2.05, 4.69) is 10.3 Å². The van der Waals surface area contributed by atoms with Crippen LogP contribution in [0.5, 0.6) is 5.75 Å². The molecule has 1 aromatic carbocycles. The van der Waals surface area contributed by atoms with Crippen LogP contribution in [0, 0.1) is 6.92 Å². The molecule has 0 bridgehead atoms. The molecule has 7 nitrogen and oxygen atoms in total. The minimum Gasteiger partial charge on any atom is -0.497 e. The fourth-order valence-electron chi connectivity index (χ4n) is 2.48. The molecule has 1 saturated heterocycles. The number of anilines is 1. The van der Waals surface area contributed by atoms with Gasteiger partial charge in [-0.05, 0) is 48.4 Å². The Hall–Kier alpha value is -3.48. The lowest BCUT2D eigenvalue weighted by molar-refractivity contribution is -0.122. The minimum atomic E-state index is -0.787. The van der Waals surface area contributed by atoms with Gasteiger partial charge in [0, 0.05) is 12.4 Å². The van der Waals surface area contributed by atoms with E-state index in [4.69, 9.17) is 4.74 Å². The van der Waals surface area contributed by atoms with Crippen molar-refractivity contribution in [2.75, 3.05) is 12.0 Å². The zero-order valence-corrected chi connectivity index (χ0v) is 13.6. The predicted octanol–water partition coefficient (Wildman–Crippen LogP) is 2.07. The number of hydrogen-bond acceptors (Lipinski definition) is 5. The number of hydrogen-bond donors (Lipinski definition) is 1. The van der Waals surface area contributed by atoms with Gasteiger partial charge in [-0.3, -0.25) is 19.9 Å². The second kappa shape index (κ2) is 6.56. The number of benzene rings is 1. The molecule has 1 aliphatic heterocycles. The summed E-state index contributed by atoms with van der Waals surface area (Å²) in [5.41, 5.74) is 1.73. The van der Waals surface area contributed by atoms with E-state index in [1.54, 1.807) is 25.3 Å². The van der Waals surface area contributed by atoms with E-state index in [0.717, 1.165) is 10.5 Å². The summed E-state index contributed by atoms with van der Waals surface area (Å²) in [6.45, 7) is 1.84. The first-order valence-electron chi connectivity index (χ1n) is 7.47. The quantitative estimate of drug-likeness (QED) is 0.684. The Labute approximate surface area is 143 Å². The molecular weight excluding hydrogens is 322 g/mol. The number of carbonyl (C=O) groups is 3. The second-order valence-electron chi connectivity index (χ2n) is 5.39. The van der Waals surface area contributed by atoms with Crippen molar-refractivity contribution in [3.05, 3.63) is 59.4 Å². The highest BCUT2D eigenvalue weighted by molar-refractivity contribution is 6.39. The molecule has 1 aromatic heterocycles. The topological polar surface area (TPSA) is 88.6 Å². The Morgan fingerprint density at radius 3 is 2.48 bits per heavy atom. The molecule has 1 N–H and O–H groups in total. The number of barbiturate groups is 1. The average molecular weight is 337 g/mol. The van der Waals surface area contributed by atoms with Gasteiger partial charge in [0.15, 0.2) is 0 Å². The number of imide groups is 2. The first-order chi connectivity index (χ1) is 12.0. The molecule has 3 rings (SSSR count). The van der Waals surface area contributed by atoms with Gasteiger partial charge in [0.1, 0.15) is 11.3 Å². The van der Waals surface area contributed by atoms with E-state index < -0.39 is 17.8 Å². The maximum absolute atomic E-state index is 12.7. The van der Waals surface area contributed by atoms with Crippen LogP contribution in [0.25, 0.3) is 6.08 Å². The molecule has 0 radical (unpaired) electrons. The molecule has 0 aliphatic carbocycles. The van der Waals surface area contributed by atoms with Gasteiger partial charge in [-0.25, -0.2) is 9.69 Å². The van der Waals surface area contributed by atoms with Crippen molar-refractivity contribution < 1.29 is 19.1 Å². The minimum absolute atomic E-state index is 0.121. The summed E-state index contributed by atoms with van der Waals surface area (Å²) in [4.78, 5) is 41.7. The smallest absolute Gasteiger partial charge is 0.335 e. The van der Waals surface area contributed by atoms with Gasteiger partial charge in [-0.1, -0.05) is 6.07 Å². The van der Waals surface area contributed by atoms with Crippen LogP contribution in [0.1, 0.15) is 11.1 Å². The highest BCUT2D eigenvalue weighted by atomic mass is 16.5. The molecule has 0 saturated carbocycles. The van der Waals surface area contributed by atoms with E-state index in [1.165, 1.54) is 30.6 Å². The third kappa shape index (κ3) is 3.12. The van der Waals surface area contributed by atoms with Gasteiger partial charge >= 0.3 is 6.03 Å².